The van der Waals surface area contributed by atoms with Gasteiger partial charge >= 0.3 is 0 Å². The first-order valence-electron chi connectivity index (χ1n) is 13.1. The van der Waals surface area contributed by atoms with Crippen molar-refractivity contribution in [2.45, 2.75) is 31.6 Å². The Morgan fingerprint density at radius 1 is 0.900 bits per heavy atom. The van der Waals surface area contributed by atoms with E-state index < -0.39 is 17.7 Å². The van der Waals surface area contributed by atoms with Gasteiger partial charge in [0.1, 0.15) is 11.6 Å². The molecule has 7 nitrogen and oxygen atoms in total. The van der Waals surface area contributed by atoms with Crippen LogP contribution in [-0.4, -0.2) is 38.7 Å². The minimum atomic E-state index is -0.788. The van der Waals surface area contributed by atoms with Gasteiger partial charge in [-0.15, -0.1) is 0 Å². The van der Waals surface area contributed by atoms with Crippen LogP contribution in [0, 0.1) is 11.7 Å². The molecule has 1 aliphatic carbocycles. The van der Waals surface area contributed by atoms with Crippen molar-refractivity contribution < 1.29 is 28.2 Å². The Kier molecular flexibility index (Phi) is 7.69. The van der Waals surface area contributed by atoms with E-state index in [4.69, 9.17) is 19.2 Å². The summed E-state index contributed by atoms with van der Waals surface area (Å²) < 4.78 is 30.5. The van der Waals surface area contributed by atoms with Gasteiger partial charge in [0.25, 0.3) is 0 Å². The van der Waals surface area contributed by atoms with E-state index in [0.29, 0.717) is 51.9 Å². The van der Waals surface area contributed by atoms with E-state index in [9.17, 15) is 14.0 Å². The first-order valence-corrected chi connectivity index (χ1v) is 13.1. The van der Waals surface area contributed by atoms with Crippen molar-refractivity contribution in [3.63, 3.8) is 0 Å². The highest BCUT2D eigenvalue weighted by atomic mass is 19.1. The number of Topliss-reactive ketones (excluding diaryl/α,β-unsaturated/α-hetero) is 1. The number of anilines is 1. The Bertz CT molecular complexity index is 1510. The van der Waals surface area contributed by atoms with E-state index in [2.05, 4.69) is 5.32 Å². The second-order valence-corrected chi connectivity index (χ2v) is 9.98. The molecular formula is C32H31FN2O5. The van der Waals surface area contributed by atoms with E-state index in [1.54, 1.807) is 64.7 Å². The monoisotopic (exact) mass is 542 g/mol. The standard InChI is InChI=1S/C32H31FN2O5/c1-18-29(32(37)35-23-9-11-24(38-2)12-10-23)30(20-6-5-7-22(33)14-20)31-25(34-18)15-21(16-26(31)36)19-8-13-27(39-3)28(17-19)40-4/h5-14,17,21,29-30H,15-16H2,1-4H3,(H,35,37). The Morgan fingerprint density at radius 2 is 1.65 bits per heavy atom. The highest BCUT2D eigenvalue weighted by Gasteiger charge is 2.44. The van der Waals surface area contributed by atoms with Crippen molar-refractivity contribution in [1.82, 2.24) is 0 Å². The molecule has 5 rings (SSSR count). The third kappa shape index (κ3) is 5.21. The lowest BCUT2D eigenvalue weighted by Gasteiger charge is -2.37. The number of ketones is 1. The van der Waals surface area contributed by atoms with E-state index in [1.807, 2.05) is 18.2 Å². The number of nitrogens with zero attached hydrogens (tertiary/aromatic N) is 1. The molecule has 206 valence electrons. The van der Waals surface area contributed by atoms with Gasteiger partial charge in [-0.2, -0.15) is 0 Å². The molecule has 0 saturated carbocycles. The molecule has 2 aliphatic rings. The average Bonchev–Trinajstić information content (AvgIpc) is 2.96. The Labute approximate surface area is 232 Å². The molecule has 1 aliphatic heterocycles. The Morgan fingerprint density at radius 3 is 2.33 bits per heavy atom. The molecule has 0 spiro atoms. The van der Waals surface area contributed by atoms with E-state index in [1.165, 1.54) is 12.1 Å². The van der Waals surface area contributed by atoms with Crippen molar-refractivity contribution in [1.29, 1.82) is 0 Å². The van der Waals surface area contributed by atoms with Crippen LogP contribution in [0.2, 0.25) is 0 Å². The summed E-state index contributed by atoms with van der Waals surface area (Å²) in [6.45, 7) is 1.79. The third-order valence-corrected chi connectivity index (χ3v) is 7.62. The average molecular weight is 543 g/mol. The van der Waals surface area contributed by atoms with Crippen LogP contribution in [0.25, 0.3) is 0 Å². The minimum Gasteiger partial charge on any atom is -0.497 e. The molecule has 40 heavy (non-hydrogen) atoms. The molecule has 8 heteroatoms. The van der Waals surface area contributed by atoms with Crippen molar-refractivity contribution >= 4 is 23.1 Å². The van der Waals surface area contributed by atoms with Crippen LogP contribution in [0.5, 0.6) is 17.2 Å². The van der Waals surface area contributed by atoms with E-state index in [-0.39, 0.29) is 24.0 Å². The van der Waals surface area contributed by atoms with Gasteiger partial charge in [0.05, 0.1) is 27.2 Å². The number of rotatable bonds is 7. The maximum atomic E-state index is 14.4. The number of carbonyl (C=O) groups is 2. The van der Waals surface area contributed by atoms with Crippen LogP contribution in [0.3, 0.4) is 0 Å². The molecule has 0 bridgehead atoms. The van der Waals surface area contributed by atoms with Crippen molar-refractivity contribution in [3.05, 3.63) is 94.9 Å². The minimum absolute atomic E-state index is 0.103. The number of hydrogen-bond acceptors (Lipinski definition) is 6. The number of amides is 1. The molecule has 3 atom stereocenters. The van der Waals surface area contributed by atoms with Gasteiger partial charge in [0, 0.05) is 35.0 Å². The van der Waals surface area contributed by atoms with Gasteiger partial charge in [-0.05, 0) is 78.9 Å². The Balaban J connectivity index is 1.53. The fourth-order valence-corrected chi connectivity index (χ4v) is 5.70. The summed E-state index contributed by atoms with van der Waals surface area (Å²) in [5.41, 5.74) is 3.76. The maximum Gasteiger partial charge on any atom is 0.234 e. The molecule has 0 aromatic heterocycles. The normalized spacial score (nSPS) is 20.4. The molecule has 3 aromatic rings. The van der Waals surface area contributed by atoms with Gasteiger partial charge in [-0.3, -0.25) is 14.6 Å². The number of benzene rings is 3. The number of allylic oxidation sites excluding steroid dienone is 2. The third-order valence-electron chi connectivity index (χ3n) is 7.62. The van der Waals surface area contributed by atoms with Crippen LogP contribution in [0.15, 0.2) is 83.0 Å². The lowest BCUT2D eigenvalue weighted by atomic mass is 9.69. The van der Waals surface area contributed by atoms with Crippen LogP contribution in [0.4, 0.5) is 10.1 Å². The van der Waals surface area contributed by atoms with Crippen LogP contribution >= 0.6 is 0 Å². The summed E-state index contributed by atoms with van der Waals surface area (Å²) in [6.07, 6.45) is 0.744. The van der Waals surface area contributed by atoms with Crippen molar-refractivity contribution in [2.24, 2.45) is 10.9 Å². The highest BCUT2D eigenvalue weighted by Crippen LogP contribution is 2.47. The quantitative estimate of drug-likeness (QED) is 0.392. The number of methoxy groups -OCH3 is 3. The molecule has 3 aromatic carbocycles. The fourth-order valence-electron chi connectivity index (χ4n) is 5.70. The first-order chi connectivity index (χ1) is 19.3. The number of halogens is 1. The lowest BCUT2D eigenvalue weighted by Crippen LogP contribution is -2.39. The fraction of sp³-hybridized carbons (Fsp3) is 0.281. The molecule has 1 amide bonds. The number of ether oxygens (including phenoxy) is 3. The molecular weight excluding hydrogens is 511 g/mol. The number of nitrogens with one attached hydrogen (secondary N) is 1. The number of hydrogen-bond donors (Lipinski definition) is 1. The van der Waals surface area contributed by atoms with Crippen LogP contribution in [-0.2, 0) is 9.59 Å². The summed E-state index contributed by atoms with van der Waals surface area (Å²) in [7, 11) is 4.72. The smallest absolute Gasteiger partial charge is 0.234 e. The van der Waals surface area contributed by atoms with Crippen molar-refractivity contribution in [2.75, 3.05) is 26.6 Å². The lowest BCUT2D eigenvalue weighted by molar-refractivity contribution is -0.119. The molecule has 1 heterocycles. The predicted octanol–water partition coefficient (Wildman–Crippen LogP) is 6.07. The molecule has 0 saturated heterocycles. The molecule has 1 N–H and O–H groups in total. The van der Waals surface area contributed by atoms with Crippen molar-refractivity contribution in [3.8, 4) is 17.2 Å². The van der Waals surface area contributed by atoms with Gasteiger partial charge in [-0.1, -0.05) is 18.2 Å². The summed E-state index contributed by atoms with van der Waals surface area (Å²) in [6, 6.07) is 18.7. The number of aliphatic imine (C=N–C) groups is 1. The van der Waals surface area contributed by atoms with Crippen LogP contribution < -0.4 is 19.5 Å². The molecule has 3 unspecified atom stereocenters. The SMILES string of the molecule is COc1ccc(NC(=O)C2C(C)=NC3=C(C(=O)CC(c4ccc(OC)c(OC)c4)C3)C2c2cccc(F)c2)cc1. The van der Waals surface area contributed by atoms with Crippen LogP contribution in [0.1, 0.15) is 42.7 Å². The first kappa shape index (κ1) is 27.1. The predicted molar refractivity (Wildman–Crippen MR) is 151 cm³/mol. The summed E-state index contributed by atoms with van der Waals surface area (Å²) >= 11 is 0. The van der Waals surface area contributed by atoms with Gasteiger partial charge in [0.2, 0.25) is 5.91 Å². The maximum absolute atomic E-state index is 14.4. The van der Waals surface area contributed by atoms with Gasteiger partial charge in [-0.25, -0.2) is 4.39 Å². The molecule has 0 radical (unpaired) electrons. The largest absolute Gasteiger partial charge is 0.497 e. The van der Waals surface area contributed by atoms with Gasteiger partial charge in [0.15, 0.2) is 17.3 Å². The summed E-state index contributed by atoms with van der Waals surface area (Å²) in [5, 5.41) is 2.95. The zero-order valence-electron chi connectivity index (χ0n) is 22.9. The van der Waals surface area contributed by atoms with E-state index >= 15 is 0 Å². The zero-order valence-corrected chi connectivity index (χ0v) is 22.9. The zero-order chi connectivity index (χ0) is 28.4. The topological polar surface area (TPSA) is 86.2 Å². The highest BCUT2D eigenvalue weighted by molar-refractivity contribution is 6.13. The molecule has 0 fully saturated rings. The summed E-state index contributed by atoms with van der Waals surface area (Å²) in [4.78, 5) is 32.4. The van der Waals surface area contributed by atoms with E-state index in [0.717, 1.165) is 5.56 Å². The summed E-state index contributed by atoms with van der Waals surface area (Å²) in [5.74, 6) is -0.570. The second kappa shape index (κ2) is 11.3. The Hall–Kier alpha value is -4.46. The second-order valence-electron chi connectivity index (χ2n) is 9.98. The van der Waals surface area contributed by atoms with Gasteiger partial charge < -0.3 is 19.5 Å². The number of carbonyl (C=O) groups excluding carboxylic acids is 2.